The Morgan fingerprint density at radius 2 is 2.05 bits per heavy atom. The number of carbonyl (C=O) groups excluding carboxylic acids is 1. The monoisotopic (exact) mass is 330 g/mol. The average Bonchev–Trinajstić information content (AvgIpc) is 2.84. The number of hydrogen-bond acceptors (Lipinski definition) is 5. The minimum atomic E-state index is -2.90. The molecular weight excluding hydrogens is 308 g/mol. The second-order valence-electron chi connectivity index (χ2n) is 5.63. The van der Waals surface area contributed by atoms with Gasteiger partial charge >= 0.3 is 0 Å². The van der Waals surface area contributed by atoms with Crippen molar-refractivity contribution in [2.24, 2.45) is 0 Å². The van der Waals surface area contributed by atoms with Crippen molar-refractivity contribution in [1.82, 2.24) is 10.2 Å². The van der Waals surface area contributed by atoms with Crippen molar-refractivity contribution in [2.45, 2.75) is 25.8 Å². The van der Waals surface area contributed by atoms with Crippen LogP contribution in [-0.2, 0) is 9.84 Å². The van der Waals surface area contributed by atoms with Crippen LogP contribution in [0.15, 0.2) is 12.1 Å². The number of sulfone groups is 1. The summed E-state index contributed by atoms with van der Waals surface area (Å²) in [5, 5.41) is 3.07. The smallest absolute Gasteiger partial charge is 0.261 e. The van der Waals surface area contributed by atoms with Crippen LogP contribution in [0.5, 0.6) is 0 Å². The van der Waals surface area contributed by atoms with Gasteiger partial charge in [-0.05, 0) is 31.9 Å². The molecule has 1 fully saturated rings. The van der Waals surface area contributed by atoms with Crippen LogP contribution in [0.1, 0.15) is 27.4 Å². The molecule has 0 radical (unpaired) electrons. The first kappa shape index (κ1) is 16.5. The Bertz CT molecular complexity index is 587. The quantitative estimate of drug-likeness (QED) is 0.883. The highest BCUT2D eigenvalue weighted by molar-refractivity contribution is 7.90. The number of rotatable bonds is 5. The Labute approximate surface area is 130 Å². The zero-order chi connectivity index (χ0) is 15.5. The van der Waals surface area contributed by atoms with E-state index in [-0.39, 0.29) is 17.7 Å². The molecule has 2 heterocycles. The van der Waals surface area contributed by atoms with Gasteiger partial charge < -0.3 is 10.2 Å². The number of nitrogens with zero attached hydrogens (tertiary/aromatic N) is 1. The summed E-state index contributed by atoms with van der Waals surface area (Å²) < 4.78 is 22.3. The van der Waals surface area contributed by atoms with Gasteiger partial charge in [0.15, 0.2) is 0 Å². The van der Waals surface area contributed by atoms with Gasteiger partial charge in [-0.15, -0.1) is 11.3 Å². The lowest BCUT2D eigenvalue weighted by Crippen LogP contribution is -2.45. The second-order valence-corrected chi connectivity index (χ2v) is 9.18. The van der Waals surface area contributed by atoms with Gasteiger partial charge in [0.2, 0.25) is 0 Å². The molecular formula is C14H22N2O3S2. The minimum Gasteiger partial charge on any atom is -0.349 e. The fraction of sp³-hybridized carbons (Fsp3) is 0.643. The molecule has 0 atom stereocenters. The molecule has 0 saturated carbocycles. The topological polar surface area (TPSA) is 66.5 Å². The first-order valence-corrected chi connectivity index (χ1v) is 9.98. The summed E-state index contributed by atoms with van der Waals surface area (Å²) in [5.74, 6) is 0.209. The number of nitrogens with one attached hydrogen (secondary N) is 1. The van der Waals surface area contributed by atoms with Crippen LogP contribution in [0.4, 0.5) is 0 Å². The molecule has 21 heavy (non-hydrogen) atoms. The molecule has 0 bridgehead atoms. The van der Waals surface area contributed by atoms with Crippen molar-refractivity contribution in [3.8, 4) is 0 Å². The predicted molar refractivity (Wildman–Crippen MR) is 85.7 cm³/mol. The standard InChI is InChI=1S/C14H22N2O3S2/c1-11-3-4-13(20-11)14(17)15-12-5-7-16(8-6-12)9-10-21(2,18)19/h3-4,12H,5-10H2,1-2H3,(H,15,17). The van der Waals surface area contributed by atoms with Crippen LogP contribution in [0.3, 0.4) is 0 Å². The van der Waals surface area contributed by atoms with Gasteiger partial charge in [-0.1, -0.05) is 0 Å². The molecule has 0 spiro atoms. The average molecular weight is 330 g/mol. The third-order valence-electron chi connectivity index (χ3n) is 3.67. The van der Waals surface area contributed by atoms with E-state index in [1.54, 1.807) is 0 Å². The zero-order valence-electron chi connectivity index (χ0n) is 12.5. The van der Waals surface area contributed by atoms with Crippen molar-refractivity contribution >= 4 is 27.1 Å². The Hall–Kier alpha value is -0.920. The number of hydrogen-bond donors (Lipinski definition) is 1. The molecule has 118 valence electrons. The molecule has 1 aliphatic heterocycles. The molecule has 1 N–H and O–H groups in total. The van der Waals surface area contributed by atoms with Crippen molar-refractivity contribution < 1.29 is 13.2 Å². The lowest BCUT2D eigenvalue weighted by Gasteiger charge is -2.32. The van der Waals surface area contributed by atoms with E-state index in [4.69, 9.17) is 0 Å². The SMILES string of the molecule is Cc1ccc(C(=O)NC2CCN(CCS(C)(=O)=O)CC2)s1. The van der Waals surface area contributed by atoms with E-state index in [1.165, 1.54) is 17.6 Å². The Balaban J connectivity index is 1.75. The Kier molecular flexibility index (Phi) is 5.40. The first-order chi connectivity index (χ1) is 9.83. The van der Waals surface area contributed by atoms with E-state index in [0.717, 1.165) is 35.7 Å². The number of likely N-dealkylation sites (tertiary alicyclic amines) is 1. The van der Waals surface area contributed by atoms with Crippen LogP contribution in [-0.4, -0.2) is 56.9 Å². The summed E-state index contributed by atoms with van der Waals surface area (Å²) in [6.07, 6.45) is 3.02. The van der Waals surface area contributed by atoms with Crippen molar-refractivity contribution in [3.05, 3.63) is 21.9 Å². The van der Waals surface area contributed by atoms with Crippen LogP contribution in [0, 0.1) is 6.92 Å². The number of thiophene rings is 1. The number of amides is 1. The Morgan fingerprint density at radius 1 is 1.38 bits per heavy atom. The number of carbonyl (C=O) groups is 1. The second kappa shape index (κ2) is 6.89. The van der Waals surface area contributed by atoms with Gasteiger partial charge in [-0.3, -0.25) is 4.79 Å². The maximum atomic E-state index is 12.1. The fourth-order valence-corrected chi connectivity index (χ4v) is 3.77. The highest BCUT2D eigenvalue weighted by Gasteiger charge is 2.22. The van der Waals surface area contributed by atoms with Crippen LogP contribution >= 0.6 is 11.3 Å². The third kappa shape index (κ3) is 5.41. The summed E-state index contributed by atoms with van der Waals surface area (Å²) in [7, 11) is -2.90. The van der Waals surface area contributed by atoms with Gasteiger partial charge in [0.05, 0.1) is 10.6 Å². The molecule has 1 aliphatic rings. The molecule has 7 heteroatoms. The normalized spacial score (nSPS) is 17.8. The zero-order valence-corrected chi connectivity index (χ0v) is 14.1. The molecule has 1 saturated heterocycles. The van der Waals surface area contributed by atoms with Gasteiger partial charge in [0.25, 0.3) is 5.91 Å². The van der Waals surface area contributed by atoms with Crippen molar-refractivity contribution in [3.63, 3.8) is 0 Å². The summed E-state index contributed by atoms with van der Waals surface area (Å²) >= 11 is 1.51. The molecule has 0 aromatic carbocycles. The molecule has 0 unspecified atom stereocenters. The number of piperidine rings is 1. The lowest BCUT2D eigenvalue weighted by molar-refractivity contribution is 0.0917. The van der Waals surface area contributed by atoms with E-state index >= 15 is 0 Å². The van der Waals surface area contributed by atoms with Gasteiger partial charge in [-0.25, -0.2) is 8.42 Å². The van der Waals surface area contributed by atoms with Crippen molar-refractivity contribution in [2.75, 3.05) is 31.6 Å². The number of aryl methyl sites for hydroxylation is 1. The van der Waals surface area contributed by atoms with Crippen LogP contribution in [0.25, 0.3) is 0 Å². The maximum Gasteiger partial charge on any atom is 0.261 e. The van der Waals surface area contributed by atoms with Gasteiger partial charge in [0.1, 0.15) is 9.84 Å². The lowest BCUT2D eigenvalue weighted by atomic mass is 10.1. The largest absolute Gasteiger partial charge is 0.349 e. The Morgan fingerprint density at radius 3 is 2.57 bits per heavy atom. The van der Waals surface area contributed by atoms with E-state index in [0.29, 0.717) is 6.54 Å². The fourth-order valence-electron chi connectivity index (χ4n) is 2.41. The third-order valence-corrected chi connectivity index (χ3v) is 5.59. The van der Waals surface area contributed by atoms with E-state index in [1.807, 2.05) is 19.1 Å². The highest BCUT2D eigenvalue weighted by atomic mass is 32.2. The van der Waals surface area contributed by atoms with Crippen molar-refractivity contribution in [1.29, 1.82) is 0 Å². The predicted octanol–water partition coefficient (Wildman–Crippen LogP) is 1.30. The minimum absolute atomic E-state index is 0.00249. The van der Waals surface area contributed by atoms with E-state index in [2.05, 4.69) is 10.2 Å². The molecule has 5 nitrogen and oxygen atoms in total. The van der Waals surface area contributed by atoms with Gasteiger partial charge in [0, 0.05) is 36.8 Å². The van der Waals surface area contributed by atoms with Crippen LogP contribution < -0.4 is 5.32 Å². The van der Waals surface area contributed by atoms with E-state index < -0.39 is 9.84 Å². The molecule has 0 aliphatic carbocycles. The molecule has 1 aromatic heterocycles. The highest BCUT2D eigenvalue weighted by Crippen LogP contribution is 2.16. The van der Waals surface area contributed by atoms with E-state index in [9.17, 15) is 13.2 Å². The van der Waals surface area contributed by atoms with Gasteiger partial charge in [-0.2, -0.15) is 0 Å². The summed E-state index contributed by atoms with van der Waals surface area (Å²) in [4.78, 5) is 16.1. The van der Waals surface area contributed by atoms with Crippen LogP contribution in [0.2, 0.25) is 0 Å². The summed E-state index contributed by atoms with van der Waals surface area (Å²) in [5.41, 5.74) is 0. The summed E-state index contributed by atoms with van der Waals surface area (Å²) in [6.45, 7) is 4.25. The molecule has 1 aromatic rings. The molecule has 2 rings (SSSR count). The molecule has 1 amide bonds. The first-order valence-electron chi connectivity index (χ1n) is 7.11. The summed E-state index contributed by atoms with van der Waals surface area (Å²) in [6, 6.07) is 4.00. The maximum absolute atomic E-state index is 12.1.